The summed E-state index contributed by atoms with van der Waals surface area (Å²) in [7, 11) is 4.61. The van der Waals surface area contributed by atoms with E-state index in [1.165, 1.54) is 37.7 Å². The Balaban J connectivity index is -0.000000155. The van der Waals surface area contributed by atoms with Crippen LogP contribution in [-0.4, -0.2) is 32.2 Å². The highest BCUT2D eigenvalue weighted by Gasteiger charge is 1.97. The van der Waals surface area contributed by atoms with Gasteiger partial charge < -0.3 is 9.64 Å². The molecule has 0 heterocycles. The molecular formula is C12H29NO2. The molecule has 0 atom stereocenters. The lowest BCUT2D eigenvalue weighted by molar-refractivity contribution is 0.141. The third-order valence-corrected chi connectivity index (χ3v) is 1.54. The van der Waals surface area contributed by atoms with Gasteiger partial charge in [-0.2, -0.15) is 0 Å². The summed E-state index contributed by atoms with van der Waals surface area (Å²) < 4.78 is 4.30. The summed E-state index contributed by atoms with van der Waals surface area (Å²) in [5.41, 5.74) is 0. The zero-order chi connectivity index (χ0) is 12.7. The van der Waals surface area contributed by atoms with E-state index in [9.17, 15) is 4.79 Å². The molecular weight excluding hydrogens is 190 g/mol. The maximum Gasteiger partial charge on any atom is 0.408 e. The standard InChI is InChI=1S/C4H9NO2.2C4H10/c1-5(2)4(6)7-3;2*1-3-4-2/h1-3H3;2*3-4H2,1-2H3. The summed E-state index contributed by atoms with van der Waals surface area (Å²) in [6, 6.07) is 0. The van der Waals surface area contributed by atoms with Gasteiger partial charge in [0.15, 0.2) is 0 Å². The molecule has 0 aliphatic heterocycles. The van der Waals surface area contributed by atoms with E-state index in [1.54, 1.807) is 14.1 Å². The predicted octanol–water partition coefficient (Wildman–Crippen LogP) is 3.93. The van der Waals surface area contributed by atoms with Gasteiger partial charge in [-0.1, -0.05) is 53.4 Å². The van der Waals surface area contributed by atoms with Gasteiger partial charge in [0.05, 0.1) is 7.11 Å². The number of hydrogen-bond donors (Lipinski definition) is 0. The fourth-order valence-corrected chi connectivity index (χ4v) is 0.183. The Morgan fingerprint density at radius 2 is 1.20 bits per heavy atom. The van der Waals surface area contributed by atoms with Crippen molar-refractivity contribution >= 4 is 6.09 Å². The van der Waals surface area contributed by atoms with Crippen LogP contribution in [0.4, 0.5) is 4.79 Å². The average Bonchev–Trinajstić information content (AvgIpc) is 2.28. The minimum absolute atomic E-state index is 0.319. The largest absolute Gasteiger partial charge is 0.453 e. The lowest BCUT2D eigenvalue weighted by atomic mass is 10.4. The van der Waals surface area contributed by atoms with E-state index < -0.39 is 0 Å². The van der Waals surface area contributed by atoms with E-state index in [-0.39, 0.29) is 6.09 Å². The van der Waals surface area contributed by atoms with Crippen molar-refractivity contribution in [3.63, 3.8) is 0 Å². The van der Waals surface area contributed by atoms with Crippen LogP contribution in [-0.2, 0) is 4.74 Å². The van der Waals surface area contributed by atoms with Gasteiger partial charge in [0.2, 0.25) is 0 Å². The Morgan fingerprint density at radius 3 is 1.20 bits per heavy atom. The van der Waals surface area contributed by atoms with Gasteiger partial charge in [-0.3, -0.25) is 0 Å². The number of carbonyl (C=O) groups excluding carboxylic acids is 1. The molecule has 0 aliphatic rings. The second-order valence-corrected chi connectivity index (χ2v) is 3.36. The summed E-state index contributed by atoms with van der Waals surface area (Å²) in [4.78, 5) is 11.6. The molecule has 0 spiro atoms. The zero-order valence-electron chi connectivity index (χ0n) is 11.6. The van der Waals surface area contributed by atoms with Crippen LogP contribution in [0.3, 0.4) is 0 Å². The van der Waals surface area contributed by atoms with Crippen LogP contribution in [0.1, 0.15) is 53.4 Å². The van der Waals surface area contributed by atoms with Gasteiger partial charge in [-0.05, 0) is 0 Å². The van der Waals surface area contributed by atoms with Gasteiger partial charge in [-0.25, -0.2) is 4.79 Å². The van der Waals surface area contributed by atoms with Crippen molar-refractivity contribution in [2.24, 2.45) is 0 Å². The van der Waals surface area contributed by atoms with Crippen LogP contribution < -0.4 is 0 Å². The van der Waals surface area contributed by atoms with Gasteiger partial charge >= 0.3 is 6.09 Å². The molecule has 0 aromatic heterocycles. The van der Waals surface area contributed by atoms with Crippen molar-refractivity contribution < 1.29 is 9.53 Å². The van der Waals surface area contributed by atoms with Gasteiger partial charge in [0, 0.05) is 14.1 Å². The van der Waals surface area contributed by atoms with Gasteiger partial charge in [-0.15, -0.1) is 0 Å². The minimum atomic E-state index is -0.319. The van der Waals surface area contributed by atoms with Crippen molar-refractivity contribution in [2.45, 2.75) is 53.4 Å². The molecule has 3 heteroatoms. The third kappa shape index (κ3) is 31.9. The first kappa shape index (κ1) is 19.8. The van der Waals surface area contributed by atoms with Crippen molar-refractivity contribution in [1.29, 1.82) is 0 Å². The molecule has 0 aromatic rings. The molecule has 15 heavy (non-hydrogen) atoms. The van der Waals surface area contributed by atoms with E-state index in [0.29, 0.717) is 0 Å². The minimum Gasteiger partial charge on any atom is -0.453 e. The first-order valence-electron chi connectivity index (χ1n) is 5.76. The second kappa shape index (κ2) is 18.9. The van der Waals surface area contributed by atoms with Gasteiger partial charge in [0.1, 0.15) is 0 Å². The Hall–Kier alpha value is -0.730. The molecule has 0 aromatic carbocycles. The highest BCUT2D eigenvalue weighted by atomic mass is 16.5. The molecule has 0 radical (unpaired) electrons. The number of ether oxygens (including phenoxy) is 1. The maximum atomic E-state index is 10.2. The Labute approximate surface area is 95.8 Å². The molecule has 94 valence electrons. The van der Waals surface area contributed by atoms with Crippen LogP contribution in [0, 0.1) is 0 Å². The summed E-state index contributed by atoms with van der Waals surface area (Å²) in [6.45, 7) is 8.72. The predicted molar refractivity (Wildman–Crippen MR) is 67.3 cm³/mol. The second-order valence-electron chi connectivity index (χ2n) is 3.36. The molecule has 3 nitrogen and oxygen atoms in total. The van der Waals surface area contributed by atoms with Crippen molar-refractivity contribution in [3.05, 3.63) is 0 Å². The first-order valence-corrected chi connectivity index (χ1v) is 5.76. The average molecular weight is 219 g/mol. The zero-order valence-corrected chi connectivity index (χ0v) is 11.6. The van der Waals surface area contributed by atoms with E-state index in [0.717, 1.165) is 0 Å². The molecule has 0 fully saturated rings. The molecule has 0 N–H and O–H groups in total. The quantitative estimate of drug-likeness (QED) is 0.704. The van der Waals surface area contributed by atoms with Gasteiger partial charge in [0.25, 0.3) is 0 Å². The lowest BCUT2D eigenvalue weighted by Crippen LogP contribution is -2.20. The van der Waals surface area contributed by atoms with Crippen molar-refractivity contribution in [3.8, 4) is 0 Å². The Bertz CT molecular complexity index is 106. The monoisotopic (exact) mass is 219 g/mol. The smallest absolute Gasteiger partial charge is 0.408 e. The first-order chi connectivity index (χ1) is 7.01. The fourth-order valence-electron chi connectivity index (χ4n) is 0.183. The summed E-state index contributed by atoms with van der Waals surface area (Å²) >= 11 is 0. The molecule has 0 aliphatic carbocycles. The van der Waals surface area contributed by atoms with E-state index >= 15 is 0 Å². The summed E-state index contributed by atoms with van der Waals surface area (Å²) in [5.74, 6) is 0. The number of methoxy groups -OCH3 is 1. The topological polar surface area (TPSA) is 29.5 Å². The lowest BCUT2D eigenvalue weighted by Gasteiger charge is -2.05. The molecule has 1 amide bonds. The van der Waals surface area contributed by atoms with Crippen LogP contribution >= 0.6 is 0 Å². The number of rotatable bonds is 2. The summed E-state index contributed by atoms with van der Waals surface area (Å²) in [5, 5.41) is 0. The molecule has 0 saturated heterocycles. The molecule has 0 bridgehead atoms. The normalized spacial score (nSPS) is 7.67. The van der Waals surface area contributed by atoms with E-state index in [1.807, 2.05) is 0 Å². The number of hydrogen-bond acceptors (Lipinski definition) is 2. The van der Waals surface area contributed by atoms with Crippen molar-refractivity contribution in [2.75, 3.05) is 21.2 Å². The Kier molecular flexibility index (Phi) is 25.0. The highest BCUT2D eigenvalue weighted by molar-refractivity contribution is 5.66. The molecule has 0 unspecified atom stereocenters. The third-order valence-electron chi connectivity index (χ3n) is 1.54. The molecule has 0 saturated carbocycles. The fraction of sp³-hybridized carbons (Fsp3) is 0.917. The van der Waals surface area contributed by atoms with E-state index in [4.69, 9.17) is 0 Å². The number of amides is 1. The van der Waals surface area contributed by atoms with Crippen LogP contribution in [0.25, 0.3) is 0 Å². The van der Waals surface area contributed by atoms with Crippen LogP contribution in [0.15, 0.2) is 0 Å². The number of carbonyl (C=O) groups is 1. The number of nitrogens with zero attached hydrogens (tertiary/aromatic N) is 1. The number of unbranched alkanes of at least 4 members (excludes halogenated alkanes) is 2. The highest BCUT2D eigenvalue weighted by Crippen LogP contribution is 1.78. The van der Waals surface area contributed by atoms with Crippen molar-refractivity contribution in [1.82, 2.24) is 4.90 Å². The maximum absolute atomic E-state index is 10.2. The van der Waals surface area contributed by atoms with E-state index in [2.05, 4.69) is 32.4 Å². The summed E-state index contributed by atoms with van der Waals surface area (Å²) in [6.07, 6.45) is 4.96. The Morgan fingerprint density at radius 1 is 0.933 bits per heavy atom. The molecule has 0 rings (SSSR count). The van der Waals surface area contributed by atoms with Crippen LogP contribution in [0.5, 0.6) is 0 Å². The SMILES string of the molecule is CCCC.CCCC.COC(=O)N(C)C. The van der Waals surface area contributed by atoms with Crippen LogP contribution in [0.2, 0.25) is 0 Å².